The summed E-state index contributed by atoms with van der Waals surface area (Å²) >= 11 is 9.19. The highest BCUT2D eigenvalue weighted by atomic mass is 79.9. The van der Waals surface area contributed by atoms with E-state index in [4.69, 9.17) is 22.1 Å². The van der Waals surface area contributed by atoms with Crippen LogP contribution in [-0.4, -0.2) is 0 Å². The number of hydrogen-bond donors (Lipinski definition) is 1. The molecule has 0 bridgehead atoms. The largest absolute Gasteiger partial charge is 0.487 e. The van der Waals surface area contributed by atoms with E-state index < -0.39 is 0 Å². The van der Waals surface area contributed by atoms with Crippen LogP contribution in [0.25, 0.3) is 0 Å². The minimum atomic E-state index is 0.470. The second-order valence-corrected chi connectivity index (χ2v) is 4.95. The van der Waals surface area contributed by atoms with E-state index in [9.17, 15) is 0 Å². The van der Waals surface area contributed by atoms with Crippen LogP contribution in [0.2, 0.25) is 5.02 Å². The lowest BCUT2D eigenvalue weighted by atomic mass is 10.2. The fraction of sp³-hybridized carbons (Fsp3) is 0.0769. The average molecular weight is 313 g/mol. The van der Waals surface area contributed by atoms with Gasteiger partial charge in [0, 0.05) is 9.50 Å². The molecule has 2 aromatic carbocycles. The minimum Gasteiger partial charge on any atom is -0.487 e. The van der Waals surface area contributed by atoms with Crippen molar-refractivity contribution in [2.75, 3.05) is 5.73 Å². The number of nitrogens with two attached hydrogens (primary N) is 1. The van der Waals surface area contributed by atoms with E-state index in [2.05, 4.69) is 15.9 Å². The predicted octanol–water partition coefficient (Wildman–Crippen LogP) is 4.26. The molecule has 2 aromatic rings. The van der Waals surface area contributed by atoms with Gasteiger partial charge in [-0.1, -0.05) is 39.7 Å². The summed E-state index contributed by atoms with van der Waals surface area (Å²) in [6.07, 6.45) is 0. The molecule has 0 unspecified atom stereocenters. The third kappa shape index (κ3) is 3.38. The highest BCUT2D eigenvalue weighted by Crippen LogP contribution is 2.26. The van der Waals surface area contributed by atoms with Gasteiger partial charge in [0.05, 0.1) is 5.69 Å². The third-order valence-electron chi connectivity index (χ3n) is 2.28. The summed E-state index contributed by atoms with van der Waals surface area (Å²) in [5.41, 5.74) is 7.49. The van der Waals surface area contributed by atoms with Gasteiger partial charge in [0.25, 0.3) is 0 Å². The van der Waals surface area contributed by atoms with Crippen molar-refractivity contribution in [1.29, 1.82) is 0 Å². The van der Waals surface area contributed by atoms with Gasteiger partial charge < -0.3 is 10.5 Å². The van der Waals surface area contributed by atoms with Crippen molar-refractivity contribution in [2.45, 2.75) is 6.61 Å². The lowest BCUT2D eigenvalue weighted by Crippen LogP contribution is -1.98. The Morgan fingerprint density at radius 2 is 1.82 bits per heavy atom. The molecule has 0 aromatic heterocycles. The minimum absolute atomic E-state index is 0.470. The van der Waals surface area contributed by atoms with Gasteiger partial charge in [-0.05, 0) is 35.9 Å². The number of halogens is 2. The Balaban J connectivity index is 2.07. The number of ether oxygens (including phenoxy) is 1. The molecule has 0 radical (unpaired) electrons. The first kappa shape index (κ1) is 12.3. The molecule has 0 atom stereocenters. The number of benzene rings is 2. The van der Waals surface area contributed by atoms with E-state index in [1.54, 1.807) is 6.07 Å². The van der Waals surface area contributed by atoms with Gasteiger partial charge >= 0.3 is 0 Å². The van der Waals surface area contributed by atoms with Crippen LogP contribution >= 0.6 is 27.5 Å². The van der Waals surface area contributed by atoms with Crippen LogP contribution in [0.3, 0.4) is 0 Å². The molecule has 88 valence electrons. The van der Waals surface area contributed by atoms with Crippen molar-refractivity contribution in [1.82, 2.24) is 0 Å². The molecule has 0 aliphatic rings. The second kappa shape index (κ2) is 5.43. The summed E-state index contributed by atoms with van der Waals surface area (Å²) in [5.74, 6) is 0.675. The van der Waals surface area contributed by atoms with E-state index in [1.807, 2.05) is 36.4 Å². The molecular weight excluding hydrogens is 302 g/mol. The molecule has 2 nitrogen and oxygen atoms in total. The average Bonchev–Trinajstić information content (AvgIpc) is 2.32. The van der Waals surface area contributed by atoms with Gasteiger partial charge in [0.2, 0.25) is 0 Å². The zero-order chi connectivity index (χ0) is 12.3. The van der Waals surface area contributed by atoms with Crippen molar-refractivity contribution in [3.05, 3.63) is 57.5 Å². The van der Waals surface area contributed by atoms with Crippen molar-refractivity contribution in [3.63, 3.8) is 0 Å². The Morgan fingerprint density at radius 3 is 2.53 bits per heavy atom. The van der Waals surface area contributed by atoms with Crippen LogP contribution in [-0.2, 0) is 6.61 Å². The first-order chi connectivity index (χ1) is 8.15. The molecule has 0 saturated heterocycles. The molecule has 0 spiro atoms. The lowest BCUT2D eigenvalue weighted by molar-refractivity contribution is 0.308. The SMILES string of the molecule is Nc1ccc(Br)cc1OCc1ccc(Cl)cc1. The predicted molar refractivity (Wildman–Crippen MR) is 74.3 cm³/mol. The van der Waals surface area contributed by atoms with Gasteiger partial charge in [-0.3, -0.25) is 0 Å². The van der Waals surface area contributed by atoms with Crippen molar-refractivity contribution >= 4 is 33.2 Å². The second-order valence-electron chi connectivity index (χ2n) is 3.60. The summed E-state index contributed by atoms with van der Waals surface area (Å²) < 4.78 is 6.59. The molecule has 0 fully saturated rings. The van der Waals surface area contributed by atoms with Gasteiger partial charge in [0.15, 0.2) is 0 Å². The Bertz CT molecular complexity index is 513. The van der Waals surface area contributed by atoms with Crippen molar-refractivity contribution in [2.24, 2.45) is 0 Å². The molecule has 2 rings (SSSR count). The zero-order valence-corrected chi connectivity index (χ0v) is 11.3. The number of nitrogen functional groups attached to an aromatic ring is 1. The maximum Gasteiger partial charge on any atom is 0.143 e. The maximum atomic E-state index is 5.81. The van der Waals surface area contributed by atoms with Crippen LogP contribution in [0.5, 0.6) is 5.75 Å². The molecule has 0 saturated carbocycles. The van der Waals surface area contributed by atoms with Crippen LogP contribution in [0.4, 0.5) is 5.69 Å². The molecule has 2 N–H and O–H groups in total. The highest BCUT2D eigenvalue weighted by molar-refractivity contribution is 9.10. The standard InChI is InChI=1S/C13H11BrClNO/c14-10-3-6-12(16)13(7-10)17-8-9-1-4-11(15)5-2-9/h1-7H,8,16H2. The first-order valence-electron chi connectivity index (χ1n) is 5.07. The van der Waals surface area contributed by atoms with Crippen molar-refractivity contribution in [3.8, 4) is 5.75 Å². The van der Waals surface area contributed by atoms with E-state index >= 15 is 0 Å². The molecule has 4 heteroatoms. The fourth-order valence-electron chi connectivity index (χ4n) is 1.37. The maximum absolute atomic E-state index is 5.81. The summed E-state index contributed by atoms with van der Waals surface area (Å²) in [6, 6.07) is 13.1. The van der Waals surface area contributed by atoms with E-state index in [-0.39, 0.29) is 0 Å². The summed E-state index contributed by atoms with van der Waals surface area (Å²) in [5, 5.41) is 0.718. The Kier molecular flexibility index (Phi) is 3.92. The van der Waals surface area contributed by atoms with Crippen LogP contribution < -0.4 is 10.5 Å². The Hall–Kier alpha value is -1.19. The smallest absolute Gasteiger partial charge is 0.143 e. The van der Waals surface area contributed by atoms with E-state index in [0.29, 0.717) is 18.0 Å². The molecule has 0 aliphatic heterocycles. The van der Waals surface area contributed by atoms with Gasteiger partial charge in [-0.25, -0.2) is 0 Å². The molecule has 0 amide bonds. The molecule has 0 aliphatic carbocycles. The summed E-state index contributed by atoms with van der Waals surface area (Å²) in [4.78, 5) is 0. The quantitative estimate of drug-likeness (QED) is 0.859. The molecule has 0 heterocycles. The molecule has 17 heavy (non-hydrogen) atoms. The number of hydrogen-bond acceptors (Lipinski definition) is 2. The summed E-state index contributed by atoms with van der Waals surface area (Å²) in [6.45, 7) is 0.470. The van der Waals surface area contributed by atoms with Crippen LogP contribution in [0, 0.1) is 0 Å². The summed E-state index contributed by atoms with van der Waals surface area (Å²) in [7, 11) is 0. The lowest BCUT2D eigenvalue weighted by Gasteiger charge is -2.09. The zero-order valence-electron chi connectivity index (χ0n) is 8.99. The van der Waals surface area contributed by atoms with Crippen molar-refractivity contribution < 1.29 is 4.74 Å². The van der Waals surface area contributed by atoms with Gasteiger partial charge in [-0.2, -0.15) is 0 Å². The van der Waals surface area contributed by atoms with Crippen LogP contribution in [0.15, 0.2) is 46.9 Å². The topological polar surface area (TPSA) is 35.2 Å². The van der Waals surface area contributed by atoms with E-state index in [0.717, 1.165) is 15.1 Å². The number of rotatable bonds is 3. The molecular formula is C13H11BrClNO. The van der Waals surface area contributed by atoms with E-state index in [1.165, 1.54) is 0 Å². The van der Waals surface area contributed by atoms with Gasteiger partial charge in [0.1, 0.15) is 12.4 Å². The number of anilines is 1. The van der Waals surface area contributed by atoms with Gasteiger partial charge in [-0.15, -0.1) is 0 Å². The third-order valence-corrected chi connectivity index (χ3v) is 3.03. The fourth-order valence-corrected chi connectivity index (χ4v) is 1.84. The highest BCUT2D eigenvalue weighted by Gasteiger charge is 2.01. The monoisotopic (exact) mass is 311 g/mol. The Labute approximate surface area is 113 Å². The van der Waals surface area contributed by atoms with Crippen LogP contribution in [0.1, 0.15) is 5.56 Å². The Morgan fingerprint density at radius 1 is 1.12 bits per heavy atom. The first-order valence-corrected chi connectivity index (χ1v) is 6.24. The normalized spacial score (nSPS) is 10.2.